The molecule has 1 rings (SSSR count). The van der Waals surface area contributed by atoms with Gasteiger partial charge in [0.2, 0.25) is 0 Å². The first-order chi connectivity index (χ1) is 6.19. The van der Waals surface area contributed by atoms with E-state index in [9.17, 15) is 4.79 Å². The van der Waals surface area contributed by atoms with Gasteiger partial charge in [-0.25, -0.2) is 5.84 Å². The Morgan fingerprint density at radius 3 is 3.00 bits per heavy atom. The molecule has 3 N–H and O–H groups in total. The number of carbonyl (C=O) groups excluding carboxylic acids is 1. The number of rotatable bonds is 3. The van der Waals surface area contributed by atoms with Crippen molar-refractivity contribution in [2.45, 2.75) is 19.4 Å². The Hall–Kier alpha value is -1.07. The number of aromatic nitrogens is 2. The quantitative estimate of drug-likeness (QED) is 0.425. The summed E-state index contributed by atoms with van der Waals surface area (Å²) in [6, 6.07) is -0.391. The third kappa shape index (κ3) is 2.19. The fourth-order valence-corrected chi connectivity index (χ4v) is 1.22. The standard InChI is InChI=1S/C7H11ClN4O/c1-2-6(7(13)11-9)12-4-5(8)3-10-12/h3-4,6H,2,9H2,1H3,(H,11,13)/t6-/m1/s1. The normalized spacial score (nSPS) is 12.5. The predicted octanol–water partition coefficient (Wildman–Crippen LogP) is 0.477. The van der Waals surface area contributed by atoms with Crippen molar-refractivity contribution in [1.29, 1.82) is 0 Å². The summed E-state index contributed by atoms with van der Waals surface area (Å²) in [5, 5.41) is 4.43. The third-order valence-corrected chi connectivity index (χ3v) is 1.92. The van der Waals surface area contributed by atoms with E-state index in [1.807, 2.05) is 6.92 Å². The second kappa shape index (κ2) is 4.25. The summed E-state index contributed by atoms with van der Waals surface area (Å²) in [5.41, 5.74) is 2.08. The number of carbonyl (C=O) groups is 1. The molecule has 72 valence electrons. The van der Waals surface area contributed by atoms with Crippen LogP contribution in [0.25, 0.3) is 0 Å². The van der Waals surface area contributed by atoms with Gasteiger partial charge in [0.15, 0.2) is 0 Å². The molecule has 0 saturated carbocycles. The molecule has 0 unspecified atom stereocenters. The van der Waals surface area contributed by atoms with Crippen molar-refractivity contribution in [2.24, 2.45) is 5.84 Å². The number of hydrogen-bond donors (Lipinski definition) is 2. The van der Waals surface area contributed by atoms with Gasteiger partial charge in [-0.2, -0.15) is 5.10 Å². The van der Waals surface area contributed by atoms with E-state index in [0.717, 1.165) is 0 Å². The lowest BCUT2D eigenvalue weighted by atomic mass is 10.2. The van der Waals surface area contributed by atoms with Crippen LogP contribution in [0.1, 0.15) is 19.4 Å². The van der Waals surface area contributed by atoms with Crippen molar-refractivity contribution < 1.29 is 4.79 Å². The smallest absolute Gasteiger partial charge is 0.258 e. The van der Waals surface area contributed by atoms with Crippen molar-refractivity contribution in [3.05, 3.63) is 17.4 Å². The molecule has 0 radical (unpaired) electrons. The summed E-state index contributed by atoms with van der Waals surface area (Å²) in [7, 11) is 0. The monoisotopic (exact) mass is 202 g/mol. The summed E-state index contributed by atoms with van der Waals surface area (Å²) in [4.78, 5) is 11.2. The van der Waals surface area contributed by atoms with Crippen molar-refractivity contribution in [1.82, 2.24) is 15.2 Å². The minimum atomic E-state index is -0.391. The molecule has 1 aromatic heterocycles. The van der Waals surface area contributed by atoms with Crippen LogP contribution in [0.5, 0.6) is 0 Å². The number of amides is 1. The summed E-state index contributed by atoms with van der Waals surface area (Å²) in [6.07, 6.45) is 3.68. The molecule has 1 aromatic rings. The highest BCUT2D eigenvalue weighted by atomic mass is 35.5. The fourth-order valence-electron chi connectivity index (χ4n) is 1.07. The van der Waals surface area contributed by atoms with Gasteiger partial charge in [-0.3, -0.25) is 14.9 Å². The Morgan fingerprint density at radius 2 is 2.62 bits per heavy atom. The minimum absolute atomic E-state index is 0.276. The van der Waals surface area contributed by atoms with Gasteiger partial charge in [0, 0.05) is 6.20 Å². The molecular weight excluding hydrogens is 192 g/mol. The lowest BCUT2D eigenvalue weighted by Crippen LogP contribution is -2.37. The third-order valence-electron chi connectivity index (χ3n) is 1.72. The Labute approximate surface area is 80.8 Å². The van der Waals surface area contributed by atoms with E-state index in [4.69, 9.17) is 17.4 Å². The molecule has 0 aromatic carbocycles. The molecule has 13 heavy (non-hydrogen) atoms. The van der Waals surface area contributed by atoms with E-state index in [2.05, 4.69) is 10.5 Å². The van der Waals surface area contributed by atoms with Gasteiger partial charge in [0.05, 0.1) is 11.2 Å². The topological polar surface area (TPSA) is 72.9 Å². The molecule has 0 spiro atoms. The van der Waals surface area contributed by atoms with Crippen LogP contribution in [0.4, 0.5) is 0 Å². The zero-order chi connectivity index (χ0) is 9.84. The van der Waals surface area contributed by atoms with Crippen molar-refractivity contribution >= 4 is 17.5 Å². The Morgan fingerprint density at radius 1 is 1.92 bits per heavy atom. The Kier molecular flexibility index (Phi) is 3.27. The van der Waals surface area contributed by atoms with E-state index >= 15 is 0 Å². The van der Waals surface area contributed by atoms with Gasteiger partial charge < -0.3 is 0 Å². The largest absolute Gasteiger partial charge is 0.292 e. The zero-order valence-electron chi connectivity index (χ0n) is 7.20. The lowest BCUT2D eigenvalue weighted by Gasteiger charge is -2.12. The second-order valence-corrected chi connectivity index (χ2v) is 3.01. The molecule has 0 aliphatic rings. The maximum Gasteiger partial charge on any atom is 0.258 e. The number of nitrogens with two attached hydrogens (primary N) is 1. The molecule has 0 aliphatic heterocycles. The highest BCUT2D eigenvalue weighted by molar-refractivity contribution is 6.30. The minimum Gasteiger partial charge on any atom is -0.292 e. The maximum absolute atomic E-state index is 11.2. The first kappa shape index (κ1) is 10.0. The van der Waals surface area contributed by atoms with Gasteiger partial charge in [-0.15, -0.1) is 0 Å². The number of hydrazine groups is 1. The van der Waals surface area contributed by atoms with Crippen molar-refractivity contribution in [2.75, 3.05) is 0 Å². The van der Waals surface area contributed by atoms with Crippen LogP contribution in [-0.4, -0.2) is 15.7 Å². The van der Waals surface area contributed by atoms with Crippen LogP contribution < -0.4 is 11.3 Å². The number of nitrogens with one attached hydrogen (secondary N) is 1. The van der Waals surface area contributed by atoms with Crippen LogP contribution in [-0.2, 0) is 4.79 Å². The van der Waals surface area contributed by atoms with Crippen LogP contribution in [0, 0.1) is 0 Å². The van der Waals surface area contributed by atoms with E-state index in [0.29, 0.717) is 11.4 Å². The van der Waals surface area contributed by atoms with Gasteiger partial charge >= 0.3 is 0 Å². The molecule has 1 amide bonds. The van der Waals surface area contributed by atoms with Gasteiger partial charge in [-0.05, 0) is 6.42 Å². The molecule has 6 heteroatoms. The number of nitrogens with zero attached hydrogens (tertiary/aromatic N) is 2. The highest BCUT2D eigenvalue weighted by Crippen LogP contribution is 2.13. The number of halogens is 1. The van der Waals surface area contributed by atoms with Crippen LogP contribution in [0.2, 0.25) is 5.02 Å². The van der Waals surface area contributed by atoms with Gasteiger partial charge in [0.1, 0.15) is 6.04 Å². The van der Waals surface area contributed by atoms with Crippen molar-refractivity contribution in [3.8, 4) is 0 Å². The molecule has 0 fully saturated rings. The first-order valence-electron chi connectivity index (χ1n) is 3.89. The average Bonchev–Trinajstić information content (AvgIpc) is 2.53. The molecule has 5 nitrogen and oxygen atoms in total. The Balaban J connectivity index is 2.84. The maximum atomic E-state index is 11.2. The molecule has 0 aliphatic carbocycles. The summed E-state index contributed by atoms with van der Waals surface area (Å²) in [5.74, 6) is 4.74. The average molecular weight is 203 g/mol. The second-order valence-electron chi connectivity index (χ2n) is 2.57. The lowest BCUT2D eigenvalue weighted by molar-refractivity contribution is -0.124. The number of hydrogen-bond acceptors (Lipinski definition) is 3. The van der Waals surface area contributed by atoms with Crippen LogP contribution in [0.3, 0.4) is 0 Å². The van der Waals surface area contributed by atoms with E-state index in [1.54, 1.807) is 6.20 Å². The van der Waals surface area contributed by atoms with Gasteiger partial charge in [0.25, 0.3) is 5.91 Å². The molecule has 1 heterocycles. The summed E-state index contributed by atoms with van der Waals surface area (Å²) >= 11 is 5.66. The zero-order valence-corrected chi connectivity index (χ0v) is 7.95. The molecule has 0 saturated heterocycles. The van der Waals surface area contributed by atoms with E-state index in [1.165, 1.54) is 10.9 Å². The molecule has 1 atom stereocenters. The molecule has 0 bridgehead atoms. The van der Waals surface area contributed by atoms with Crippen molar-refractivity contribution in [3.63, 3.8) is 0 Å². The SMILES string of the molecule is CC[C@H](C(=O)NN)n1cc(Cl)cn1. The van der Waals surface area contributed by atoms with E-state index < -0.39 is 6.04 Å². The summed E-state index contributed by atoms with van der Waals surface area (Å²) in [6.45, 7) is 1.87. The predicted molar refractivity (Wildman–Crippen MR) is 48.9 cm³/mol. The fraction of sp³-hybridized carbons (Fsp3) is 0.429. The summed E-state index contributed by atoms with van der Waals surface area (Å²) < 4.78 is 1.49. The van der Waals surface area contributed by atoms with Crippen LogP contribution in [0.15, 0.2) is 12.4 Å². The van der Waals surface area contributed by atoms with Gasteiger partial charge in [-0.1, -0.05) is 18.5 Å². The highest BCUT2D eigenvalue weighted by Gasteiger charge is 2.17. The van der Waals surface area contributed by atoms with Crippen LogP contribution >= 0.6 is 11.6 Å². The van der Waals surface area contributed by atoms with E-state index in [-0.39, 0.29) is 5.91 Å². The Bertz CT molecular complexity index is 298. The first-order valence-corrected chi connectivity index (χ1v) is 4.27. The molecular formula is C7H11ClN4O.